The summed E-state index contributed by atoms with van der Waals surface area (Å²) in [6, 6.07) is 0.491. The predicted molar refractivity (Wildman–Crippen MR) is 60.6 cm³/mol. The summed E-state index contributed by atoms with van der Waals surface area (Å²) in [4.78, 5) is 13.7. The molecule has 1 saturated heterocycles. The van der Waals surface area contributed by atoms with Gasteiger partial charge in [0.05, 0.1) is 13.2 Å². The predicted octanol–water partition coefficient (Wildman–Crippen LogP) is 1.92. The lowest BCUT2D eigenvalue weighted by Crippen LogP contribution is -2.48. The van der Waals surface area contributed by atoms with Crippen molar-refractivity contribution >= 4 is 5.97 Å². The fourth-order valence-electron chi connectivity index (χ4n) is 2.41. The fraction of sp³-hybridized carbons (Fsp3) is 0.917. The van der Waals surface area contributed by atoms with E-state index in [1.54, 1.807) is 0 Å². The lowest BCUT2D eigenvalue weighted by molar-refractivity contribution is -0.146. The molecule has 0 N–H and O–H groups in total. The maximum Gasteiger partial charge on any atom is 0.320 e. The quantitative estimate of drug-likeness (QED) is 0.671. The molecule has 0 aromatic rings. The average molecular weight is 213 g/mol. The summed E-state index contributed by atoms with van der Waals surface area (Å²) in [5.74, 6) is 1.26. The fourth-order valence-corrected chi connectivity index (χ4v) is 2.41. The van der Waals surface area contributed by atoms with E-state index in [0.717, 1.165) is 6.54 Å². The molecule has 0 radical (unpaired) electrons. The van der Waals surface area contributed by atoms with Gasteiger partial charge in [0.25, 0.3) is 0 Å². The topological polar surface area (TPSA) is 29.5 Å². The van der Waals surface area contributed by atoms with E-state index in [2.05, 4.69) is 25.7 Å². The Morgan fingerprint density at radius 3 is 2.67 bits per heavy atom. The first-order chi connectivity index (χ1) is 7.04. The number of hydrogen-bond acceptors (Lipinski definition) is 3. The number of hydrogen-bond donors (Lipinski definition) is 0. The van der Waals surface area contributed by atoms with E-state index >= 15 is 0 Å². The summed E-state index contributed by atoms with van der Waals surface area (Å²) in [5, 5.41) is 0. The monoisotopic (exact) mass is 213 g/mol. The maximum absolute atomic E-state index is 11.4. The van der Waals surface area contributed by atoms with Gasteiger partial charge in [-0.3, -0.25) is 9.69 Å². The van der Waals surface area contributed by atoms with E-state index in [1.165, 1.54) is 6.42 Å². The van der Waals surface area contributed by atoms with Gasteiger partial charge in [-0.25, -0.2) is 0 Å². The van der Waals surface area contributed by atoms with Crippen molar-refractivity contribution in [3.8, 4) is 0 Å². The van der Waals surface area contributed by atoms with Gasteiger partial charge in [-0.1, -0.05) is 13.8 Å². The van der Waals surface area contributed by atoms with Gasteiger partial charge in [-0.05, 0) is 32.1 Å². The summed E-state index contributed by atoms with van der Waals surface area (Å²) < 4.78 is 4.98. The average Bonchev–Trinajstić information content (AvgIpc) is 2.13. The van der Waals surface area contributed by atoms with Crippen LogP contribution in [0.25, 0.3) is 0 Å². The Balaban J connectivity index is 2.48. The normalized spacial score (nSPS) is 32.7. The van der Waals surface area contributed by atoms with Crippen molar-refractivity contribution in [2.75, 3.05) is 19.7 Å². The van der Waals surface area contributed by atoms with E-state index < -0.39 is 0 Å². The van der Waals surface area contributed by atoms with Crippen LogP contribution < -0.4 is 0 Å². The van der Waals surface area contributed by atoms with E-state index in [0.29, 0.717) is 31.0 Å². The maximum atomic E-state index is 11.4. The van der Waals surface area contributed by atoms with Crippen molar-refractivity contribution in [3.63, 3.8) is 0 Å². The molecule has 1 aliphatic rings. The lowest BCUT2D eigenvalue weighted by Gasteiger charge is -2.40. The number of carbonyl (C=O) groups is 1. The highest BCUT2D eigenvalue weighted by molar-refractivity contribution is 5.71. The molecule has 0 spiro atoms. The van der Waals surface area contributed by atoms with Gasteiger partial charge in [0.15, 0.2) is 0 Å². The van der Waals surface area contributed by atoms with E-state index in [9.17, 15) is 4.79 Å². The van der Waals surface area contributed by atoms with E-state index in [-0.39, 0.29) is 5.97 Å². The third kappa shape index (κ3) is 3.49. The molecule has 3 unspecified atom stereocenters. The van der Waals surface area contributed by atoms with Gasteiger partial charge in [0.2, 0.25) is 0 Å². The standard InChI is InChI=1S/C12H23NO2/c1-5-15-12(14)8-13-7-9(2)6-10(3)11(13)4/h9-11H,5-8H2,1-4H3. The van der Waals surface area contributed by atoms with Crippen LogP contribution in [0.15, 0.2) is 0 Å². The van der Waals surface area contributed by atoms with Crippen molar-refractivity contribution < 1.29 is 9.53 Å². The largest absolute Gasteiger partial charge is 0.465 e. The Labute approximate surface area is 92.8 Å². The Hall–Kier alpha value is -0.570. The molecular formula is C12H23NO2. The van der Waals surface area contributed by atoms with Gasteiger partial charge < -0.3 is 4.74 Å². The van der Waals surface area contributed by atoms with E-state index in [4.69, 9.17) is 4.74 Å². The number of esters is 1. The zero-order valence-electron chi connectivity index (χ0n) is 10.3. The number of likely N-dealkylation sites (tertiary alicyclic amines) is 1. The highest BCUT2D eigenvalue weighted by Gasteiger charge is 2.29. The van der Waals surface area contributed by atoms with E-state index in [1.807, 2.05) is 6.92 Å². The number of ether oxygens (including phenoxy) is 1. The number of rotatable bonds is 3. The minimum atomic E-state index is -0.0920. The summed E-state index contributed by atoms with van der Waals surface area (Å²) in [7, 11) is 0. The van der Waals surface area contributed by atoms with Gasteiger partial charge in [0.1, 0.15) is 0 Å². The Morgan fingerprint density at radius 1 is 1.40 bits per heavy atom. The van der Waals surface area contributed by atoms with Crippen LogP contribution in [0, 0.1) is 11.8 Å². The smallest absolute Gasteiger partial charge is 0.320 e. The minimum Gasteiger partial charge on any atom is -0.465 e. The molecule has 0 amide bonds. The molecule has 0 saturated carbocycles. The lowest BCUT2D eigenvalue weighted by atomic mass is 9.86. The van der Waals surface area contributed by atoms with Gasteiger partial charge in [-0.2, -0.15) is 0 Å². The molecule has 0 aromatic carbocycles. The first-order valence-corrected chi connectivity index (χ1v) is 5.94. The van der Waals surface area contributed by atoms with Gasteiger partial charge >= 0.3 is 5.97 Å². The minimum absolute atomic E-state index is 0.0920. The second-order valence-corrected chi connectivity index (χ2v) is 4.79. The van der Waals surface area contributed by atoms with Gasteiger partial charge in [-0.15, -0.1) is 0 Å². The molecule has 15 heavy (non-hydrogen) atoms. The highest BCUT2D eigenvalue weighted by atomic mass is 16.5. The SMILES string of the molecule is CCOC(=O)CN1CC(C)CC(C)C1C. The van der Waals surface area contributed by atoms with Crippen LogP contribution in [-0.4, -0.2) is 36.6 Å². The summed E-state index contributed by atoms with van der Waals surface area (Å²) in [6.07, 6.45) is 1.26. The van der Waals surface area contributed by atoms with Crippen LogP contribution in [0.4, 0.5) is 0 Å². The zero-order valence-corrected chi connectivity index (χ0v) is 10.3. The van der Waals surface area contributed by atoms with Crippen LogP contribution in [-0.2, 0) is 9.53 Å². The van der Waals surface area contributed by atoms with Crippen molar-refractivity contribution in [1.82, 2.24) is 4.90 Å². The van der Waals surface area contributed by atoms with Crippen molar-refractivity contribution in [3.05, 3.63) is 0 Å². The third-order valence-electron chi connectivity index (χ3n) is 3.36. The zero-order chi connectivity index (χ0) is 11.4. The first kappa shape index (κ1) is 12.5. The van der Waals surface area contributed by atoms with Crippen LogP contribution in [0.1, 0.15) is 34.1 Å². The van der Waals surface area contributed by atoms with Crippen molar-refractivity contribution in [2.24, 2.45) is 11.8 Å². The molecule has 0 aliphatic carbocycles. The summed E-state index contributed by atoms with van der Waals surface area (Å²) in [6.45, 7) is 10.5. The molecule has 88 valence electrons. The number of piperidine rings is 1. The van der Waals surface area contributed by atoms with Crippen molar-refractivity contribution in [1.29, 1.82) is 0 Å². The summed E-state index contributed by atoms with van der Waals surface area (Å²) in [5.41, 5.74) is 0. The molecule has 3 heteroatoms. The molecule has 3 atom stereocenters. The molecule has 1 fully saturated rings. The van der Waals surface area contributed by atoms with Gasteiger partial charge in [0, 0.05) is 12.6 Å². The molecule has 1 aliphatic heterocycles. The second kappa shape index (κ2) is 5.50. The molecule has 0 aromatic heterocycles. The van der Waals surface area contributed by atoms with Crippen molar-refractivity contribution in [2.45, 2.75) is 40.2 Å². The van der Waals surface area contributed by atoms with Crippen LogP contribution in [0.2, 0.25) is 0 Å². The van der Waals surface area contributed by atoms with Crippen LogP contribution >= 0.6 is 0 Å². The molecule has 1 heterocycles. The number of nitrogens with zero attached hydrogens (tertiary/aromatic N) is 1. The molecule has 0 bridgehead atoms. The molecular weight excluding hydrogens is 190 g/mol. The van der Waals surface area contributed by atoms with Crippen LogP contribution in [0.5, 0.6) is 0 Å². The third-order valence-corrected chi connectivity index (χ3v) is 3.36. The first-order valence-electron chi connectivity index (χ1n) is 5.94. The molecule has 3 nitrogen and oxygen atoms in total. The highest BCUT2D eigenvalue weighted by Crippen LogP contribution is 2.26. The second-order valence-electron chi connectivity index (χ2n) is 4.79. The Bertz CT molecular complexity index is 218. The van der Waals surface area contributed by atoms with Crippen LogP contribution in [0.3, 0.4) is 0 Å². The summed E-state index contributed by atoms with van der Waals surface area (Å²) >= 11 is 0. The Kier molecular flexibility index (Phi) is 4.58. The molecule has 1 rings (SSSR count). The number of carbonyl (C=O) groups excluding carboxylic acids is 1. The Morgan fingerprint density at radius 2 is 2.07 bits per heavy atom.